The van der Waals surface area contributed by atoms with Gasteiger partial charge in [0.25, 0.3) is 0 Å². The first-order chi connectivity index (χ1) is 11.1. The smallest absolute Gasteiger partial charge is 0.165 e. The maximum Gasteiger partial charge on any atom is 0.165 e. The van der Waals surface area contributed by atoms with Gasteiger partial charge in [-0.25, -0.2) is 8.78 Å². The summed E-state index contributed by atoms with van der Waals surface area (Å²) >= 11 is 0. The number of benzene rings is 2. The largest absolute Gasteiger partial charge is 0.486 e. The Hall–Kier alpha value is -2.14. The molecule has 0 aliphatic carbocycles. The zero-order valence-corrected chi connectivity index (χ0v) is 13.2. The number of hydrogen-bond acceptors (Lipinski definition) is 3. The minimum Gasteiger partial charge on any atom is -0.486 e. The van der Waals surface area contributed by atoms with Crippen LogP contribution in [0.1, 0.15) is 24.1 Å². The van der Waals surface area contributed by atoms with Crippen molar-refractivity contribution in [3.05, 3.63) is 59.2 Å². The van der Waals surface area contributed by atoms with E-state index in [0.717, 1.165) is 28.7 Å². The van der Waals surface area contributed by atoms with Crippen LogP contribution in [-0.4, -0.2) is 25.2 Å². The lowest BCUT2D eigenvalue weighted by atomic mass is 10.1. The molecule has 0 amide bonds. The van der Waals surface area contributed by atoms with Crippen LogP contribution in [0.5, 0.6) is 11.5 Å². The van der Waals surface area contributed by atoms with Gasteiger partial charge in [-0.15, -0.1) is 0 Å². The highest BCUT2D eigenvalue weighted by Crippen LogP contribution is 2.35. The Morgan fingerprint density at radius 1 is 1.09 bits per heavy atom. The third-order valence-corrected chi connectivity index (χ3v) is 4.15. The lowest BCUT2D eigenvalue weighted by Crippen LogP contribution is -2.24. The Labute approximate surface area is 134 Å². The van der Waals surface area contributed by atoms with Gasteiger partial charge in [0, 0.05) is 18.2 Å². The summed E-state index contributed by atoms with van der Waals surface area (Å²) in [7, 11) is 1.94. The predicted molar refractivity (Wildman–Crippen MR) is 83.7 cm³/mol. The summed E-state index contributed by atoms with van der Waals surface area (Å²) in [4.78, 5) is 2.06. The van der Waals surface area contributed by atoms with Crippen LogP contribution in [0.2, 0.25) is 0 Å². The van der Waals surface area contributed by atoms with Gasteiger partial charge < -0.3 is 9.47 Å². The fraction of sp³-hybridized carbons (Fsp3) is 0.333. The molecule has 5 heteroatoms. The number of fused-ring (bicyclic) bond motifs is 1. The Kier molecular flexibility index (Phi) is 4.48. The van der Waals surface area contributed by atoms with Crippen molar-refractivity contribution in [2.45, 2.75) is 19.5 Å². The van der Waals surface area contributed by atoms with Gasteiger partial charge in [-0.1, -0.05) is 18.2 Å². The lowest BCUT2D eigenvalue weighted by Gasteiger charge is -2.27. The molecule has 1 heterocycles. The first-order valence-corrected chi connectivity index (χ1v) is 7.59. The van der Waals surface area contributed by atoms with E-state index < -0.39 is 11.6 Å². The zero-order chi connectivity index (χ0) is 16.4. The van der Waals surface area contributed by atoms with E-state index in [2.05, 4.69) is 4.90 Å². The number of hydrogen-bond donors (Lipinski definition) is 0. The van der Waals surface area contributed by atoms with Gasteiger partial charge in [0.15, 0.2) is 23.1 Å². The highest BCUT2D eigenvalue weighted by Gasteiger charge is 2.19. The van der Waals surface area contributed by atoms with Crippen molar-refractivity contribution >= 4 is 0 Å². The fourth-order valence-electron chi connectivity index (χ4n) is 2.69. The molecule has 1 atom stereocenters. The van der Waals surface area contributed by atoms with E-state index in [1.54, 1.807) is 6.07 Å². The topological polar surface area (TPSA) is 21.7 Å². The molecule has 0 spiro atoms. The van der Waals surface area contributed by atoms with E-state index in [4.69, 9.17) is 9.47 Å². The molecule has 1 aliphatic rings. The second-order valence-corrected chi connectivity index (χ2v) is 5.71. The first kappa shape index (κ1) is 15.7. The van der Waals surface area contributed by atoms with Crippen molar-refractivity contribution in [3.8, 4) is 11.5 Å². The average Bonchev–Trinajstić information content (AvgIpc) is 2.57. The summed E-state index contributed by atoms with van der Waals surface area (Å²) in [6.45, 7) is 3.66. The lowest BCUT2D eigenvalue weighted by molar-refractivity contribution is 0.165. The van der Waals surface area contributed by atoms with Crippen molar-refractivity contribution in [1.82, 2.24) is 4.90 Å². The van der Waals surface area contributed by atoms with Crippen LogP contribution in [-0.2, 0) is 6.54 Å². The molecule has 2 aromatic carbocycles. The predicted octanol–water partition coefficient (Wildman–Crippen LogP) is 3.93. The van der Waals surface area contributed by atoms with Gasteiger partial charge in [0.05, 0.1) is 0 Å². The summed E-state index contributed by atoms with van der Waals surface area (Å²) in [5.74, 6) is -0.131. The second kappa shape index (κ2) is 6.54. The number of nitrogens with zero attached hydrogens (tertiary/aromatic N) is 1. The zero-order valence-electron chi connectivity index (χ0n) is 13.2. The molecule has 0 saturated heterocycles. The summed E-state index contributed by atoms with van der Waals surface area (Å²) in [6, 6.07) is 9.76. The van der Waals surface area contributed by atoms with Crippen LogP contribution in [0.4, 0.5) is 8.78 Å². The molecule has 1 unspecified atom stereocenters. The van der Waals surface area contributed by atoms with Gasteiger partial charge >= 0.3 is 0 Å². The van der Waals surface area contributed by atoms with E-state index in [-0.39, 0.29) is 6.04 Å². The molecule has 0 bridgehead atoms. The van der Waals surface area contributed by atoms with E-state index in [9.17, 15) is 8.78 Å². The quantitative estimate of drug-likeness (QED) is 0.852. The standard InChI is InChI=1S/C18H19F2NO2/c1-12(13-6-7-15(19)16(20)10-13)21(2)11-14-4-3-5-17-18(14)23-9-8-22-17/h3-7,10,12H,8-9,11H2,1-2H3. The van der Waals surface area contributed by atoms with Gasteiger partial charge in [-0.2, -0.15) is 0 Å². The van der Waals surface area contributed by atoms with Crippen molar-refractivity contribution in [1.29, 1.82) is 0 Å². The fourth-order valence-corrected chi connectivity index (χ4v) is 2.69. The number of para-hydroxylation sites is 1. The highest BCUT2D eigenvalue weighted by molar-refractivity contribution is 5.47. The molecule has 0 fully saturated rings. The average molecular weight is 319 g/mol. The van der Waals surface area contributed by atoms with Gasteiger partial charge in [0.2, 0.25) is 0 Å². The summed E-state index contributed by atoms with van der Waals surface area (Å²) in [5, 5.41) is 0. The molecule has 0 radical (unpaired) electrons. The molecule has 2 aromatic rings. The molecular formula is C18H19F2NO2. The molecule has 0 aromatic heterocycles. The molecule has 122 valence electrons. The normalized spacial score (nSPS) is 14.8. The molecule has 23 heavy (non-hydrogen) atoms. The molecule has 1 aliphatic heterocycles. The maximum atomic E-state index is 13.4. The Morgan fingerprint density at radius 2 is 1.87 bits per heavy atom. The van der Waals surface area contributed by atoms with Crippen molar-refractivity contribution < 1.29 is 18.3 Å². The second-order valence-electron chi connectivity index (χ2n) is 5.71. The summed E-state index contributed by atoms with van der Waals surface area (Å²) < 4.78 is 37.8. The minimum atomic E-state index is -0.828. The van der Waals surface area contributed by atoms with Gasteiger partial charge in [-0.3, -0.25) is 4.90 Å². The summed E-state index contributed by atoms with van der Waals surface area (Å²) in [5.41, 5.74) is 1.74. The minimum absolute atomic E-state index is 0.0644. The molecule has 3 nitrogen and oxygen atoms in total. The Balaban J connectivity index is 1.78. The Morgan fingerprint density at radius 3 is 2.65 bits per heavy atom. The highest BCUT2D eigenvalue weighted by atomic mass is 19.2. The summed E-state index contributed by atoms with van der Waals surface area (Å²) in [6.07, 6.45) is 0. The van der Waals surface area contributed by atoms with Crippen LogP contribution < -0.4 is 9.47 Å². The molecule has 0 N–H and O–H groups in total. The maximum absolute atomic E-state index is 13.4. The SMILES string of the molecule is CC(c1ccc(F)c(F)c1)N(C)Cc1cccc2c1OCCO2. The van der Waals surface area contributed by atoms with Crippen molar-refractivity contribution in [2.75, 3.05) is 20.3 Å². The van der Waals surface area contributed by atoms with Crippen molar-refractivity contribution in [3.63, 3.8) is 0 Å². The Bertz CT molecular complexity index is 705. The van der Waals surface area contributed by atoms with E-state index >= 15 is 0 Å². The number of ether oxygens (including phenoxy) is 2. The molecule has 0 saturated carbocycles. The van der Waals surface area contributed by atoms with Crippen LogP contribution in [0.15, 0.2) is 36.4 Å². The van der Waals surface area contributed by atoms with Gasteiger partial charge in [-0.05, 0) is 37.7 Å². The van der Waals surface area contributed by atoms with Gasteiger partial charge in [0.1, 0.15) is 13.2 Å². The molecular weight excluding hydrogens is 300 g/mol. The molecule has 3 rings (SSSR count). The van der Waals surface area contributed by atoms with Crippen LogP contribution in [0.3, 0.4) is 0 Å². The first-order valence-electron chi connectivity index (χ1n) is 7.59. The van der Waals surface area contributed by atoms with Crippen LogP contribution >= 0.6 is 0 Å². The number of halogens is 2. The third kappa shape index (κ3) is 3.29. The van der Waals surface area contributed by atoms with Crippen LogP contribution in [0, 0.1) is 11.6 Å². The third-order valence-electron chi connectivity index (χ3n) is 4.15. The monoisotopic (exact) mass is 319 g/mol. The van der Waals surface area contributed by atoms with Crippen molar-refractivity contribution in [2.24, 2.45) is 0 Å². The van der Waals surface area contributed by atoms with E-state index in [1.165, 1.54) is 6.07 Å². The number of rotatable bonds is 4. The van der Waals surface area contributed by atoms with Crippen LogP contribution in [0.25, 0.3) is 0 Å². The van der Waals surface area contributed by atoms with E-state index in [0.29, 0.717) is 19.8 Å². The van der Waals surface area contributed by atoms with E-state index in [1.807, 2.05) is 32.2 Å².